The van der Waals surface area contributed by atoms with Gasteiger partial charge >= 0.3 is 5.97 Å². The zero-order valence-electron chi connectivity index (χ0n) is 12.6. The minimum Gasteiger partial charge on any atom is -0.460 e. The van der Waals surface area contributed by atoms with E-state index in [4.69, 9.17) is 4.74 Å². The Morgan fingerprint density at radius 1 is 1.33 bits per heavy atom. The highest BCUT2D eigenvalue weighted by Gasteiger charge is 2.33. The highest BCUT2D eigenvalue weighted by molar-refractivity contribution is 5.70. The Morgan fingerprint density at radius 3 is 2.71 bits per heavy atom. The molecular weight excluding hydrogens is 276 g/mol. The second-order valence-corrected chi connectivity index (χ2v) is 6.48. The van der Waals surface area contributed by atoms with Gasteiger partial charge in [-0.3, -0.25) is 4.79 Å². The quantitative estimate of drug-likeness (QED) is 0.872. The number of esters is 1. The normalized spacial score (nSPS) is 22.3. The van der Waals surface area contributed by atoms with Crippen LogP contribution in [0.15, 0.2) is 18.2 Å². The molecule has 0 aliphatic carbocycles. The first-order valence-corrected chi connectivity index (χ1v) is 7.14. The first-order chi connectivity index (χ1) is 9.76. The maximum Gasteiger partial charge on any atom is 0.306 e. The van der Waals surface area contributed by atoms with Crippen molar-refractivity contribution < 1.29 is 18.3 Å². The van der Waals surface area contributed by atoms with E-state index in [2.05, 4.69) is 5.32 Å². The summed E-state index contributed by atoms with van der Waals surface area (Å²) in [7, 11) is 0. The molecule has 5 heteroatoms. The van der Waals surface area contributed by atoms with Crippen LogP contribution in [0.1, 0.15) is 38.7 Å². The van der Waals surface area contributed by atoms with E-state index in [9.17, 15) is 13.6 Å². The summed E-state index contributed by atoms with van der Waals surface area (Å²) in [5, 5.41) is 3.14. The van der Waals surface area contributed by atoms with Crippen molar-refractivity contribution in [3.8, 4) is 0 Å². The molecule has 1 fully saturated rings. The van der Waals surface area contributed by atoms with Gasteiger partial charge in [0.25, 0.3) is 0 Å². The van der Waals surface area contributed by atoms with Gasteiger partial charge in [0.15, 0.2) is 0 Å². The number of carbonyl (C=O) groups is 1. The predicted molar refractivity (Wildman–Crippen MR) is 75.9 cm³/mol. The lowest BCUT2D eigenvalue weighted by Gasteiger charge is -2.23. The fourth-order valence-electron chi connectivity index (χ4n) is 2.71. The van der Waals surface area contributed by atoms with Gasteiger partial charge in [0.2, 0.25) is 0 Å². The Labute approximate surface area is 123 Å². The van der Waals surface area contributed by atoms with Crippen LogP contribution >= 0.6 is 0 Å². The summed E-state index contributed by atoms with van der Waals surface area (Å²) in [6.45, 7) is 6.55. The molecule has 1 aromatic carbocycles. The Hall–Kier alpha value is -1.49. The molecule has 0 bridgehead atoms. The van der Waals surface area contributed by atoms with E-state index in [0.29, 0.717) is 18.7 Å². The van der Waals surface area contributed by atoms with Gasteiger partial charge in [-0.1, -0.05) is 0 Å². The minimum absolute atomic E-state index is 0.0869. The van der Waals surface area contributed by atoms with E-state index < -0.39 is 17.2 Å². The second kappa shape index (κ2) is 6.10. The molecule has 2 rings (SSSR count). The van der Waals surface area contributed by atoms with Crippen LogP contribution in [-0.4, -0.2) is 24.7 Å². The first kappa shape index (κ1) is 15.9. The number of rotatable bonds is 3. The molecule has 0 radical (unpaired) electrons. The van der Waals surface area contributed by atoms with Crippen molar-refractivity contribution >= 4 is 5.97 Å². The van der Waals surface area contributed by atoms with Gasteiger partial charge in [0, 0.05) is 12.5 Å². The third-order valence-corrected chi connectivity index (χ3v) is 3.55. The van der Waals surface area contributed by atoms with Gasteiger partial charge in [-0.05, 0) is 57.0 Å². The summed E-state index contributed by atoms with van der Waals surface area (Å²) < 4.78 is 32.5. The molecule has 21 heavy (non-hydrogen) atoms. The average molecular weight is 297 g/mol. The van der Waals surface area contributed by atoms with Crippen molar-refractivity contribution in [2.45, 2.75) is 38.7 Å². The van der Waals surface area contributed by atoms with Crippen molar-refractivity contribution in [3.63, 3.8) is 0 Å². The van der Waals surface area contributed by atoms with Crippen molar-refractivity contribution in [1.29, 1.82) is 0 Å². The Morgan fingerprint density at radius 2 is 2.05 bits per heavy atom. The van der Waals surface area contributed by atoms with Crippen LogP contribution in [0.3, 0.4) is 0 Å². The summed E-state index contributed by atoms with van der Waals surface area (Å²) in [5.41, 5.74) is -0.212. The summed E-state index contributed by atoms with van der Waals surface area (Å²) in [4.78, 5) is 11.9. The van der Waals surface area contributed by atoms with Crippen LogP contribution in [0.4, 0.5) is 8.78 Å². The topological polar surface area (TPSA) is 38.3 Å². The van der Waals surface area contributed by atoms with Crippen LogP contribution in [0.5, 0.6) is 0 Å². The number of hydrogen-bond donors (Lipinski definition) is 1. The van der Waals surface area contributed by atoms with Crippen molar-refractivity contribution in [1.82, 2.24) is 5.32 Å². The lowest BCUT2D eigenvalue weighted by molar-refractivity contribution is -0.155. The van der Waals surface area contributed by atoms with Gasteiger partial charge in [-0.2, -0.15) is 0 Å². The van der Waals surface area contributed by atoms with Crippen LogP contribution in [0.25, 0.3) is 0 Å². The van der Waals surface area contributed by atoms with E-state index in [-0.39, 0.29) is 24.2 Å². The average Bonchev–Trinajstić information content (AvgIpc) is 2.77. The maximum absolute atomic E-state index is 13.9. The summed E-state index contributed by atoms with van der Waals surface area (Å²) in [6.07, 6.45) is 0.199. The molecule has 3 nitrogen and oxygen atoms in total. The molecule has 0 aromatic heterocycles. The number of halogens is 2. The van der Waals surface area contributed by atoms with Crippen LogP contribution in [0.2, 0.25) is 0 Å². The van der Waals surface area contributed by atoms with E-state index in [0.717, 1.165) is 12.1 Å². The standard InChI is InChI=1S/C16H21F2NO2/c1-16(2,3)21-15(20)6-10-8-19-9-13(10)12-7-11(17)4-5-14(12)18/h4-5,7,10,13,19H,6,8-9H2,1-3H3/t10-,13-/m0/s1. The number of hydrogen-bond acceptors (Lipinski definition) is 3. The molecule has 1 saturated heterocycles. The fraction of sp³-hybridized carbons (Fsp3) is 0.562. The largest absolute Gasteiger partial charge is 0.460 e. The summed E-state index contributed by atoms with van der Waals surface area (Å²) in [6, 6.07) is 3.45. The Kier molecular flexibility index (Phi) is 4.61. The number of nitrogens with one attached hydrogen (secondary N) is 1. The van der Waals surface area contributed by atoms with E-state index in [1.165, 1.54) is 6.07 Å². The number of ether oxygens (including phenoxy) is 1. The predicted octanol–water partition coefficient (Wildman–Crippen LogP) is 3.00. The van der Waals surface area contributed by atoms with E-state index in [1.807, 2.05) is 20.8 Å². The Bertz CT molecular complexity index is 525. The molecule has 116 valence electrons. The van der Waals surface area contributed by atoms with Gasteiger partial charge in [0.1, 0.15) is 17.2 Å². The van der Waals surface area contributed by atoms with Gasteiger partial charge in [0.05, 0.1) is 6.42 Å². The molecule has 1 N–H and O–H groups in total. The molecule has 1 heterocycles. The first-order valence-electron chi connectivity index (χ1n) is 7.14. The van der Waals surface area contributed by atoms with Crippen molar-refractivity contribution in [2.24, 2.45) is 5.92 Å². The molecular formula is C16H21F2NO2. The number of benzene rings is 1. The molecule has 0 unspecified atom stereocenters. The zero-order valence-corrected chi connectivity index (χ0v) is 12.6. The van der Waals surface area contributed by atoms with E-state index >= 15 is 0 Å². The van der Waals surface area contributed by atoms with Crippen LogP contribution < -0.4 is 5.32 Å². The lowest BCUT2D eigenvalue weighted by Crippen LogP contribution is -2.26. The third kappa shape index (κ3) is 4.24. The molecule has 1 aromatic rings. The minimum atomic E-state index is -0.539. The monoisotopic (exact) mass is 297 g/mol. The van der Waals surface area contributed by atoms with E-state index in [1.54, 1.807) is 0 Å². The fourth-order valence-corrected chi connectivity index (χ4v) is 2.71. The molecule has 1 aliphatic heterocycles. The van der Waals surface area contributed by atoms with Crippen LogP contribution in [0, 0.1) is 17.6 Å². The maximum atomic E-state index is 13.9. The molecule has 0 spiro atoms. The SMILES string of the molecule is CC(C)(C)OC(=O)C[C@H]1CNC[C@@H]1c1cc(F)ccc1F. The Balaban J connectivity index is 2.10. The van der Waals surface area contributed by atoms with Gasteiger partial charge in [-0.15, -0.1) is 0 Å². The van der Waals surface area contributed by atoms with Gasteiger partial charge < -0.3 is 10.1 Å². The third-order valence-electron chi connectivity index (χ3n) is 3.55. The van der Waals surface area contributed by atoms with Crippen LogP contribution in [-0.2, 0) is 9.53 Å². The molecule has 1 aliphatic rings. The zero-order chi connectivity index (χ0) is 15.6. The molecule has 0 amide bonds. The van der Waals surface area contributed by atoms with Crippen molar-refractivity contribution in [3.05, 3.63) is 35.4 Å². The van der Waals surface area contributed by atoms with Gasteiger partial charge in [-0.25, -0.2) is 8.78 Å². The smallest absolute Gasteiger partial charge is 0.306 e. The highest BCUT2D eigenvalue weighted by atomic mass is 19.1. The summed E-state index contributed by atoms with van der Waals surface area (Å²) >= 11 is 0. The highest BCUT2D eigenvalue weighted by Crippen LogP contribution is 2.33. The number of carbonyl (C=O) groups excluding carboxylic acids is 1. The molecule has 0 saturated carbocycles. The lowest BCUT2D eigenvalue weighted by atomic mass is 9.86. The summed E-state index contributed by atoms with van der Waals surface area (Å²) in [5.74, 6) is -1.50. The second-order valence-electron chi connectivity index (χ2n) is 6.48. The molecule has 2 atom stereocenters. The van der Waals surface area contributed by atoms with Crippen molar-refractivity contribution in [2.75, 3.05) is 13.1 Å².